The molecule has 6 heteroatoms. The van der Waals surface area contributed by atoms with Gasteiger partial charge in [0.2, 0.25) is 0 Å². The van der Waals surface area contributed by atoms with Crippen LogP contribution in [0, 0.1) is 0 Å². The van der Waals surface area contributed by atoms with Gasteiger partial charge in [0.1, 0.15) is 11.4 Å². The second-order valence-corrected chi connectivity index (χ2v) is 5.10. The molecule has 1 unspecified atom stereocenters. The van der Waals surface area contributed by atoms with Crippen LogP contribution in [0.2, 0.25) is 0 Å². The maximum absolute atomic E-state index is 10.6. The highest BCUT2D eigenvalue weighted by Gasteiger charge is 2.07. The third-order valence-electron chi connectivity index (χ3n) is 2.10. The van der Waals surface area contributed by atoms with Crippen LogP contribution >= 0.6 is 11.8 Å². The first-order valence-corrected chi connectivity index (χ1v) is 6.87. The normalized spacial score (nSPS) is 12.1. The SMILES string of the molecule is Nc1ccc(Sc2ccccc2)c(OS(=O)[O-])c1. The maximum Gasteiger partial charge on any atom is 0.155 e. The van der Waals surface area contributed by atoms with Gasteiger partial charge in [-0.15, -0.1) is 0 Å². The van der Waals surface area contributed by atoms with Gasteiger partial charge in [-0.2, -0.15) is 0 Å². The number of rotatable bonds is 4. The van der Waals surface area contributed by atoms with Gasteiger partial charge in [-0.1, -0.05) is 30.0 Å². The van der Waals surface area contributed by atoms with Gasteiger partial charge in [0.05, 0.1) is 4.90 Å². The third kappa shape index (κ3) is 3.49. The lowest BCUT2D eigenvalue weighted by Crippen LogP contribution is -2.00. The molecule has 2 aromatic rings. The molecule has 0 radical (unpaired) electrons. The molecule has 18 heavy (non-hydrogen) atoms. The molecule has 0 aromatic heterocycles. The summed E-state index contributed by atoms with van der Waals surface area (Å²) in [5.41, 5.74) is 6.06. The van der Waals surface area contributed by atoms with E-state index >= 15 is 0 Å². The zero-order valence-electron chi connectivity index (χ0n) is 9.24. The van der Waals surface area contributed by atoms with Crippen LogP contribution in [0.5, 0.6) is 5.75 Å². The van der Waals surface area contributed by atoms with E-state index in [0.29, 0.717) is 10.6 Å². The first-order valence-electron chi connectivity index (χ1n) is 5.05. The van der Waals surface area contributed by atoms with Gasteiger partial charge in [-0.3, -0.25) is 0 Å². The van der Waals surface area contributed by atoms with Gasteiger partial charge >= 0.3 is 0 Å². The molecule has 2 rings (SSSR count). The van der Waals surface area contributed by atoms with E-state index < -0.39 is 11.4 Å². The standard InChI is InChI=1S/C12H11NO3S2/c13-9-6-7-12(11(8-9)16-18(14)15)17-10-4-2-1-3-5-10/h1-8H,13H2,(H,14,15)/p-1. The molecule has 0 aliphatic heterocycles. The molecular weight excluding hydrogens is 270 g/mol. The Morgan fingerprint density at radius 2 is 1.89 bits per heavy atom. The molecule has 0 heterocycles. The second kappa shape index (κ2) is 5.90. The van der Waals surface area contributed by atoms with E-state index in [2.05, 4.69) is 0 Å². The predicted molar refractivity (Wildman–Crippen MR) is 71.0 cm³/mol. The smallest absolute Gasteiger partial charge is 0.155 e. The predicted octanol–water partition coefficient (Wildman–Crippen LogP) is 2.59. The largest absolute Gasteiger partial charge is 0.740 e. The number of hydrogen-bond acceptors (Lipinski definition) is 5. The van der Waals surface area contributed by atoms with Gasteiger partial charge in [-0.25, -0.2) is 4.21 Å². The summed E-state index contributed by atoms with van der Waals surface area (Å²) in [6.45, 7) is 0. The van der Waals surface area contributed by atoms with E-state index in [1.165, 1.54) is 17.8 Å². The highest BCUT2D eigenvalue weighted by molar-refractivity contribution is 7.99. The summed E-state index contributed by atoms with van der Waals surface area (Å²) in [5.74, 6) is 0.234. The maximum atomic E-state index is 10.6. The number of nitrogens with two attached hydrogens (primary N) is 1. The summed E-state index contributed by atoms with van der Waals surface area (Å²) in [7, 11) is 0. The van der Waals surface area contributed by atoms with Crippen LogP contribution in [0.1, 0.15) is 0 Å². The Balaban J connectivity index is 2.29. The lowest BCUT2D eigenvalue weighted by atomic mass is 10.3. The molecule has 94 valence electrons. The highest BCUT2D eigenvalue weighted by atomic mass is 32.2. The molecule has 2 aromatic carbocycles. The first-order chi connectivity index (χ1) is 8.65. The van der Waals surface area contributed by atoms with E-state index in [0.717, 1.165) is 4.90 Å². The summed E-state index contributed by atoms with van der Waals surface area (Å²) in [5, 5.41) is 0. The molecule has 4 nitrogen and oxygen atoms in total. The average Bonchev–Trinajstić information content (AvgIpc) is 2.33. The lowest BCUT2D eigenvalue weighted by Gasteiger charge is -2.12. The van der Waals surface area contributed by atoms with Gasteiger partial charge < -0.3 is 14.5 Å². The van der Waals surface area contributed by atoms with Crippen LogP contribution in [0.4, 0.5) is 5.69 Å². The fraction of sp³-hybridized carbons (Fsp3) is 0. The molecular formula is C12H10NO3S2-. The quantitative estimate of drug-likeness (QED) is 0.688. The Kier molecular flexibility index (Phi) is 4.24. The topological polar surface area (TPSA) is 75.4 Å². The van der Waals surface area contributed by atoms with Crippen molar-refractivity contribution >= 4 is 28.8 Å². The fourth-order valence-electron chi connectivity index (χ4n) is 1.36. The molecule has 0 aliphatic carbocycles. The summed E-state index contributed by atoms with van der Waals surface area (Å²) in [4.78, 5) is 1.68. The van der Waals surface area contributed by atoms with E-state index in [9.17, 15) is 8.76 Å². The van der Waals surface area contributed by atoms with Gasteiger partial charge in [0.15, 0.2) is 5.75 Å². The minimum absolute atomic E-state index is 0.234. The fourth-order valence-corrected chi connectivity index (χ4v) is 2.58. The number of benzene rings is 2. The lowest BCUT2D eigenvalue weighted by molar-refractivity contribution is 0.436. The second-order valence-electron chi connectivity index (χ2n) is 3.41. The number of nitrogen functional groups attached to an aromatic ring is 1. The van der Waals surface area contributed by atoms with Crippen LogP contribution in [-0.4, -0.2) is 8.76 Å². The molecule has 0 fully saturated rings. The van der Waals surface area contributed by atoms with Crippen LogP contribution in [0.25, 0.3) is 0 Å². The van der Waals surface area contributed by atoms with Crippen LogP contribution in [-0.2, 0) is 11.4 Å². The van der Waals surface area contributed by atoms with E-state index in [1.807, 2.05) is 30.3 Å². The Morgan fingerprint density at radius 3 is 2.56 bits per heavy atom. The van der Waals surface area contributed by atoms with Crippen molar-refractivity contribution in [3.05, 3.63) is 48.5 Å². The molecule has 1 atom stereocenters. The van der Waals surface area contributed by atoms with Crippen molar-refractivity contribution in [3.63, 3.8) is 0 Å². The summed E-state index contributed by atoms with van der Waals surface area (Å²) in [6, 6.07) is 14.5. The van der Waals surface area contributed by atoms with Crippen molar-refractivity contribution in [3.8, 4) is 5.75 Å². The molecule has 0 saturated heterocycles. The van der Waals surface area contributed by atoms with Crippen LogP contribution in [0.3, 0.4) is 0 Å². The Morgan fingerprint density at radius 1 is 1.17 bits per heavy atom. The zero-order chi connectivity index (χ0) is 13.0. The molecule has 0 aliphatic rings. The van der Waals surface area contributed by atoms with Crippen molar-refractivity contribution in [1.82, 2.24) is 0 Å². The number of anilines is 1. The summed E-state index contributed by atoms with van der Waals surface area (Å²) < 4.78 is 25.9. The van der Waals surface area contributed by atoms with E-state index in [-0.39, 0.29) is 5.75 Å². The monoisotopic (exact) mass is 280 g/mol. The minimum Gasteiger partial charge on any atom is -0.740 e. The number of hydrogen-bond donors (Lipinski definition) is 1. The van der Waals surface area contributed by atoms with E-state index in [4.69, 9.17) is 9.92 Å². The Hall–Kier alpha value is -1.50. The van der Waals surface area contributed by atoms with Crippen molar-refractivity contribution in [2.24, 2.45) is 0 Å². The van der Waals surface area contributed by atoms with Crippen molar-refractivity contribution in [2.45, 2.75) is 9.79 Å². The first kappa shape index (κ1) is 12.9. The molecule has 0 bridgehead atoms. The van der Waals surface area contributed by atoms with Crippen molar-refractivity contribution < 1.29 is 12.9 Å². The van der Waals surface area contributed by atoms with Crippen molar-refractivity contribution in [1.29, 1.82) is 0 Å². The van der Waals surface area contributed by atoms with Gasteiger partial charge in [-0.05, 0) is 24.3 Å². The molecule has 2 N–H and O–H groups in total. The van der Waals surface area contributed by atoms with Crippen LogP contribution < -0.4 is 9.92 Å². The highest BCUT2D eigenvalue weighted by Crippen LogP contribution is 2.36. The van der Waals surface area contributed by atoms with Crippen molar-refractivity contribution in [2.75, 3.05) is 5.73 Å². The molecule has 0 amide bonds. The van der Waals surface area contributed by atoms with E-state index in [1.54, 1.807) is 12.1 Å². The summed E-state index contributed by atoms with van der Waals surface area (Å²) in [6.07, 6.45) is 0. The molecule has 0 saturated carbocycles. The Labute approximate surface area is 112 Å². The minimum atomic E-state index is -2.61. The Bertz CT molecular complexity index is 561. The average molecular weight is 280 g/mol. The molecule has 0 spiro atoms. The van der Waals surface area contributed by atoms with Gasteiger partial charge in [0, 0.05) is 16.6 Å². The third-order valence-corrected chi connectivity index (χ3v) is 3.48. The van der Waals surface area contributed by atoms with Gasteiger partial charge in [0.25, 0.3) is 0 Å². The summed E-state index contributed by atoms with van der Waals surface area (Å²) >= 11 is -1.20. The zero-order valence-corrected chi connectivity index (χ0v) is 10.9. The van der Waals surface area contributed by atoms with Crippen LogP contribution in [0.15, 0.2) is 58.3 Å².